The van der Waals surface area contributed by atoms with E-state index >= 15 is 0 Å². The molecular formula is C30H52O. The molecule has 0 aromatic carbocycles. The summed E-state index contributed by atoms with van der Waals surface area (Å²) in [5.74, 6) is 0. The van der Waals surface area contributed by atoms with Gasteiger partial charge in [0, 0.05) is 0 Å². The van der Waals surface area contributed by atoms with Crippen molar-refractivity contribution in [2.45, 2.75) is 120 Å². The van der Waals surface area contributed by atoms with Crippen LogP contribution in [-0.2, 0) is 0 Å². The molecule has 31 heavy (non-hydrogen) atoms. The molecular weight excluding hydrogens is 376 g/mol. The minimum Gasteiger partial charge on any atom is -0.412 e. The first-order valence-electron chi connectivity index (χ1n) is 12.1. The maximum Gasteiger partial charge on any atom is -0.0288 e. The van der Waals surface area contributed by atoms with Crippen LogP contribution in [0.25, 0.3) is 0 Å². The summed E-state index contributed by atoms with van der Waals surface area (Å²) in [6.07, 6.45) is 26.2. The van der Waals surface area contributed by atoms with Crippen molar-refractivity contribution in [3.8, 4) is 0 Å². The summed E-state index contributed by atoms with van der Waals surface area (Å²) >= 11 is 0. The molecule has 1 nitrogen and oxygen atoms in total. The number of unbranched alkanes of at least 4 members (excludes halogenated alkanes) is 1. The van der Waals surface area contributed by atoms with E-state index in [2.05, 4.69) is 91.8 Å². The second kappa shape index (κ2) is 20.3. The van der Waals surface area contributed by atoms with Crippen LogP contribution in [0.15, 0.2) is 69.9 Å². The van der Waals surface area contributed by atoms with Crippen LogP contribution in [0, 0.1) is 0 Å². The number of rotatable bonds is 15. The molecule has 0 aliphatic rings. The van der Waals surface area contributed by atoms with Crippen LogP contribution in [0.2, 0.25) is 0 Å². The van der Waals surface area contributed by atoms with E-state index in [1.54, 1.807) is 0 Å². The Balaban J connectivity index is 0. The van der Waals surface area contributed by atoms with Gasteiger partial charge >= 0.3 is 0 Å². The molecule has 0 rings (SSSR count). The molecule has 0 aliphatic carbocycles. The molecule has 178 valence electrons. The smallest absolute Gasteiger partial charge is 0.0288 e. The quantitative estimate of drug-likeness (QED) is 0.183. The molecule has 0 heterocycles. The lowest BCUT2D eigenvalue weighted by Gasteiger charge is -2.02. The van der Waals surface area contributed by atoms with Gasteiger partial charge in [0.05, 0.1) is 0 Å². The van der Waals surface area contributed by atoms with Crippen molar-refractivity contribution in [1.29, 1.82) is 0 Å². The standard InChI is InChI=1S/C30H50.H2O/c1-25(2)15-11-19-29(7)23-13-21-27(5)17-9-10-18-28(6)22-14-24-30(8)20-12-16-26(3)4;/h15-18,23-24H,9-14,19-22H2,1-8H3;1H2/b27-17+,28-18+,29-23+,30-24+;. The Morgan fingerprint density at radius 1 is 0.355 bits per heavy atom. The lowest BCUT2D eigenvalue weighted by atomic mass is 10.0. The van der Waals surface area contributed by atoms with E-state index in [1.807, 2.05) is 0 Å². The van der Waals surface area contributed by atoms with Gasteiger partial charge in [0.15, 0.2) is 0 Å². The second-order valence-corrected chi connectivity index (χ2v) is 9.50. The van der Waals surface area contributed by atoms with Crippen molar-refractivity contribution in [3.05, 3.63) is 69.9 Å². The molecule has 0 saturated heterocycles. The van der Waals surface area contributed by atoms with Gasteiger partial charge in [0.1, 0.15) is 0 Å². The van der Waals surface area contributed by atoms with E-state index in [1.165, 1.54) is 97.6 Å². The fraction of sp³-hybridized carbons (Fsp3) is 0.600. The summed E-state index contributed by atoms with van der Waals surface area (Å²) in [5.41, 5.74) is 8.97. The van der Waals surface area contributed by atoms with Gasteiger partial charge in [0.2, 0.25) is 0 Å². The minimum atomic E-state index is 0. The Hall–Kier alpha value is -1.60. The maximum absolute atomic E-state index is 2.43. The summed E-state index contributed by atoms with van der Waals surface area (Å²) in [6.45, 7) is 17.8. The molecule has 1 heteroatoms. The first kappa shape index (κ1) is 31.6. The highest BCUT2D eigenvalue weighted by molar-refractivity contribution is 5.08. The molecule has 0 aromatic heterocycles. The molecule has 0 bridgehead atoms. The molecule has 0 unspecified atom stereocenters. The normalized spacial score (nSPS) is 13.0. The summed E-state index contributed by atoms with van der Waals surface area (Å²) in [6, 6.07) is 0. The van der Waals surface area contributed by atoms with Crippen molar-refractivity contribution in [2.75, 3.05) is 0 Å². The van der Waals surface area contributed by atoms with E-state index < -0.39 is 0 Å². The Morgan fingerprint density at radius 2 is 0.581 bits per heavy atom. The third-order valence-corrected chi connectivity index (χ3v) is 5.40. The lowest BCUT2D eigenvalue weighted by molar-refractivity contribution is 0.824. The highest BCUT2D eigenvalue weighted by Gasteiger charge is 1.94. The van der Waals surface area contributed by atoms with Gasteiger partial charge < -0.3 is 5.48 Å². The highest BCUT2D eigenvalue weighted by atomic mass is 16.0. The Labute approximate surface area is 195 Å². The molecule has 0 saturated carbocycles. The first-order valence-corrected chi connectivity index (χ1v) is 12.1. The molecule has 0 aromatic rings. The molecule has 0 spiro atoms. The predicted octanol–water partition coefficient (Wildman–Crippen LogP) is 9.78. The van der Waals surface area contributed by atoms with Crippen molar-refractivity contribution in [2.24, 2.45) is 0 Å². The van der Waals surface area contributed by atoms with E-state index in [-0.39, 0.29) is 5.48 Å². The molecule has 0 atom stereocenters. The zero-order valence-corrected chi connectivity index (χ0v) is 22.0. The van der Waals surface area contributed by atoms with Gasteiger partial charge in [-0.05, 0) is 120 Å². The van der Waals surface area contributed by atoms with Gasteiger partial charge in [-0.15, -0.1) is 0 Å². The summed E-state index contributed by atoms with van der Waals surface area (Å²) in [7, 11) is 0. The third kappa shape index (κ3) is 22.9. The van der Waals surface area contributed by atoms with Crippen LogP contribution < -0.4 is 0 Å². The van der Waals surface area contributed by atoms with Gasteiger partial charge in [-0.3, -0.25) is 0 Å². The molecule has 0 aliphatic heterocycles. The number of hydrogen-bond acceptors (Lipinski definition) is 0. The minimum absolute atomic E-state index is 0. The van der Waals surface area contributed by atoms with E-state index in [0.717, 1.165) is 0 Å². The molecule has 2 N–H and O–H groups in total. The zero-order valence-electron chi connectivity index (χ0n) is 22.0. The SMILES string of the molecule is CC(C)=CCC/C(C)=C/CC/C(C)=C/CC/C=C(\C)CC/C=C(\C)CCC=C(C)C.O. The monoisotopic (exact) mass is 428 g/mol. The van der Waals surface area contributed by atoms with Crippen LogP contribution in [0.1, 0.15) is 120 Å². The average molecular weight is 429 g/mol. The Morgan fingerprint density at radius 3 is 0.839 bits per heavy atom. The fourth-order valence-electron chi connectivity index (χ4n) is 3.34. The molecule has 0 amide bonds. The zero-order chi connectivity index (χ0) is 22.8. The Bertz CT molecular complexity index is 584. The fourth-order valence-corrected chi connectivity index (χ4v) is 3.34. The van der Waals surface area contributed by atoms with Gasteiger partial charge in [0.25, 0.3) is 0 Å². The van der Waals surface area contributed by atoms with Gasteiger partial charge in [-0.1, -0.05) is 69.9 Å². The number of hydrogen-bond donors (Lipinski definition) is 0. The maximum atomic E-state index is 2.43. The van der Waals surface area contributed by atoms with Crippen LogP contribution in [-0.4, -0.2) is 5.48 Å². The summed E-state index contributed by atoms with van der Waals surface area (Å²) in [5, 5.41) is 0. The predicted molar refractivity (Wildman–Crippen MR) is 144 cm³/mol. The second-order valence-electron chi connectivity index (χ2n) is 9.50. The van der Waals surface area contributed by atoms with Crippen LogP contribution >= 0.6 is 0 Å². The Kier molecular flexibility index (Phi) is 20.7. The van der Waals surface area contributed by atoms with Crippen LogP contribution in [0.4, 0.5) is 0 Å². The highest BCUT2D eigenvalue weighted by Crippen LogP contribution is 2.14. The van der Waals surface area contributed by atoms with Gasteiger partial charge in [-0.25, -0.2) is 0 Å². The first-order chi connectivity index (χ1) is 14.2. The van der Waals surface area contributed by atoms with Crippen molar-refractivity contribution >= 4 is 0 Å². The summed E-state index contributed by atoms with van der Waals surface area (Å²) in [4.78, 5) is 0. The number of allylic oxidation sites excluding steroid dienone is 12. The average Bonchev–Trinajstić information content (AvgIpc) is 2.64. The molecule has 0 radical (unpaired) electrons. The van der Waals surface area contributed by atoms with E-state index in [0.29, 0.717) is 0 Å². The van der Waals surface area contributed by atoms with E-state index in [4.69, 9.17) is 0 Å². The van der Waals surface area contributed by atoms with Crippen LogP contribution in [0.5, 0.6) is 0 Å². The largest absolute Gasteiger partial charge is 0.412 e. The lowest BCUT2D eigenvalue weighted by Crippen LogP contribution is -1.82. The van der Waals surface area contributed by atoms with E-state index in [9.17, 15) is 0 Å². The van der Waals surface area contributed by atoms with Crippen LogP contribution in [0.3, 0.4) is 0 Å². The topological polar surface area (TPSA) is 31.5 Å². The molecule has 0 fully saturated rings. The van der Waals surface area contributed by atoms with Crippen molar-refractivity contribution in [1.82, 2.24) is 0 Å². The summed E-state index contributed by atoms with van der Waals surface area (Å²) < 4.78 is 0. The van der Waals surface area contributed by atoms with Gasteiger partial charge in [-0.2, -0.15) is 0 Å². The van der Waals surface area contributed by atoms with Crippen molar-refractivity contribution in [3.63, 3.8) is 0 Å². The van der Waals surface area contributed by atoms with Crippen molar-refractivity contribution < 1.29 is 5.48 Å². The third-order valence-electron chi connectivity index (χ3n) is 5.40.